The topological polar surface area (TPSA) is 90.9 Å². The monoisotopic (exact) mass is 381 g/mol. The Hall–Kier alpha value is -3.37. The summed E-state index contributed by atoms with van der Waals surface area (Å²) in [6, 6.07) is 3.98. The van der Waals surface area contributed by atoms with Crippen molar-refractivity contribution in [1.29, 1.82) is 0 Å². The van der Waals surface area contributed by atoms with Gasteiger partial charge in [-0.2, -0.15) is 13.2 Å². The van der Waals surface area contributed by atoms with Crippen molar-refractivity contribution in [2.24, 2.45) is 14.1 Å². The summed E-state index contributed by atoms with van der Waals surface area (Å²) in [5.74, 6) is -0.565. The number of anilines is 1. The van der Waals surface area contributed by atoms with E-state index in [2.05, 4.69) is 10.3 Å². The van der Waals surface area contributed by atoms with Gasteiger partial charge in [-0.3, -0.25) is 18.7 Å². The molecule has 0 spiro atoms. The number of amides is 1. The minimum Gasteiger partial charge on any atom is -0.325 e. The average Bonchev–Trinajstić information content (AvgIpc) is 3.01. The van der Waals surface area contributed by atoms with E-state index in [1.165, 1.54) is 29.6 Å². The summed E-state index contributed by atoms with van der Waals surface area (Å²) in [6.07, 6.45) is -3.22. The van der Waals surface area contributed by atoms with E-state index in [1.54, 1.807) is 0 Å². The number of fused-ring (bicyclic) bond motifs is 1. The number of nitrogens with one attached hydrogen (secondary N) is 1. The second-order valence-electron chi connectivity index (χ2n) is 5.87. The molecule has 0 unspecified atom stereocenters. The number of carbonyl (C=O) groups is 1. The van der Waals surface area contributed by atoms with Gasteiger partial charge in [-0.05, 0) is 24.3 Å². The zero-order valence-corrected chi connectivity index (χ0v) is 14.2. The number of halogens is 3. The Kier molecular flexibility index (Phi) is 4.38. The lowest BCUT2D eigenvalue weighted by Gasteiger charge is -2.10. The Morgan fingerprint density at radius 1 is 1.11 bits per heavy atom. The van der Waals surface area contributed by atoms with Gasteiger partial charge in [-0.15, -0.1) is 0 Å². The van der Waals surface area contributed by atoms with Gasteiger partial charge in [-0.1, -0.05) is 0 Å². The van der Waals surface area contributed by atoms with E-state index in [-0.39, 0.29) is 23.4 Å². The lowest BCUT2D eigenvalue weighted by molar-refractivity contribution is -0.137. The number of benzene rings is 1. The maximum atomic E-state index is 12.6. The molecule has 2 aromatic heterocycles. The van der Waals surface area contributed by atoms with Crippen LogP contribution in [0.25, 0.3) is 11.2 Å². The summed E-state index contributed by atoms with van der Waals surface area (Å²) in [5.41, 5.74) is -1.60. The van der Waals surface area contributed by atoms with Crippen molar-refractivity contribution in [3.8, 4) is 0 Å². The molecule has 0 saturated carbocycles. The maximum Gasteiger partial charge on any atom is 0.416 e. The molecule has 1 N–H and O–H groups in total. The first kappa shape index (κ1) is 18.4. The number of rotatable bonds is 3. The Labute approximate surface area is 149 Å². The smallest absolute Gasteiger partial charge is 0.325 e. The molecule has 0 aliphatic rings. The predicted molar refractivity (Wildman–Crippen MR) is 90.3 cm³/mol. The number of aryl methyl sites for hydroxylation is 1. The van der Waals surface area contributed by atoms with Crippen LogP contribution in [0.15, 0.2) is 40.2 Å². The fourth-order valence-electron chi connectivity index (χ4n) is 2.61. The molecule has 0 bridgehead atoms. The number of aromatic nitrogens is 4. The second kappa shape index (κ2) is 6.41. The van der Waals surface area contributed by atoms with Crippen molar-refractivity contribution in [1.82, 2.24) is 18.7 Å². The third kappa shape index (κ3) is 3.35. The highest BCUT2D eigenvalue weighted by molar-refractivity contribution is 5.91. The summed E-state index contributed by atoms with van der Waals surface area (Å²) < 4.78 is 41.0. The Morgan fingerprint density at radius 3 is 2.33 bits per heavy atom. The van der Waals surface area contributed by atoms with Crippen LogP contribution in [0.5, 0.6) is 0 Å². The van der Waals surface area contributed by atoms with Gasteiger partial charge >= 0.3 is 11.9 Å². The maximum absolute atomic E-state index is 12.6. The minimum absolute atomic E-state index is 0.0715. The Balaban J connectivity index is 1.85. The van der Waals surface area contributed by atoms with Gasteiger partial charge in [-0.25, -0.2) is 9.78 Å². The van der Waals surface area contributed by atoms with Crippen LogP contribution in [0.3, 0.4) is 0 Å². The molecule has 11 heteroatoms. The highest BCUT2D eigenvalue weighted by Gasteiger charge is 2.30. The summed E-state index contributed by atoms with van der Waals surface area (Å²) in [6.45, 7) is -0.301. The first-order valence-corrected chi connectivity index (χ1v) is 7.67. The van der Waals surface area contributed by atoms with Gasteiger partial charge < -0.3 is 9.88 Å². The summed E-state index contributed by atoms with van der Waals surface area (Å²) >= 11 is 0. The van der Waals surface area contributed by atoms with Crippen molar-refractivity contribution >= 4 is 22.8 Å². The number of hydrogen-bond acceptors (Lipinski definition) is 4. The molecule has 0 aliphatic carbocycles. The number of nitrogens with zero attached hydrogens (tertiary/aromatic N) is 4. The summed E-state index contributed by atoms with van der Waals surface area (Å²) in [4.78, 5) is 40.4. The van der Waals surface area contributed by atoms with Crippen LogP contribution in [0.4, 0.5) is 18.9 Å². The van der Waals surface area contributed by atoms with Crippen LogP contribution < -0.4 is 16.6 Å². The van der Waals surface area contributed by atoms with Gasteiger partial charge in [0, 0.05) is 19.8 Å². The molecule has 0 saturated heterocycles. The zero-order chi connectivity index (χ0) is 19.9. The van der Waals surface area contributed by atoms with Crippen LogP contribution in [-0.2, 0) is 31.6 Å². The van der Waals surface area contributed by atoms with E-state index in [4.69, 9.17) is 0 Å². The van der Waals surface area contributed by atoms with Crippen molar-refractivity contribution < 1.29 is 18.0 Å². The van der Waals surface area contributed by atoms with Gasteiger partial charge in [0.15, 0.2) is 11.2 Å². The largest absolute Gasteiger partial charge is 0.416 e. The van der Waals surface area contributed by atoms with Crippen LogP contribution in [0.2, 0.25) is 0 Å². The molecular formula is C16H14F3N5O3. The fraction of sp³-hybridized carbons (Fsp3) is 0.250. The van der Waals surface area contributed by atoms with Crippen LogP contribution in [0.1, 0.15) is 5.56 Å². The standard InChI is InChI=1S/C16H14F3N5O3/c1-22-13-12(14(26)23(2)15(22)27)24(8-20-13)7-11(25)21-10-5-3-9(4-6-10)16(17,18)19/h3-6,8H,7H2,1-2H3,(H,21,25). The van der Waals surface area contributed by atoms with Crippen LogP contribution in [0, 0.1) is 0 Å². The first-order valence-electron chi connectivity index (χ1n) is 7.67. The van der Waals surface area contributed by atoms with E-state index in [0.717, 1.165) is 28.8 Å². The van der Waals surface area contributed by atoms with Crippen molar-refractivity contribution in [3.63, 3.8) is 0 Å². The molecule has 1 amide bonds. The van der Waals surface area contributed by atoms with Gasteiger partial charge in [0.25, 0.3) is 5.56 Å². The zero-order valence-electron chi connectivity index (χ0n) is 14.2. The normalized spacial score (nSPS) is 11.7. The van der Waals surface area contributed by atoms with Gasteiger partial charge in [0.2, 0.25) is 5.91 Å². The third-order valence-electron chi connectivity index (χ3n) is 4.03. The highest BCUT2D eigenvalue weighted by Crippen LogP contribution is 2.29. The van der Waals surface area contributed by atoms with Gasteiger partial charge in [0.05, 0.1) is 11.9 Å². The molecule has 3 aromatic rings. The Bertz CT molecular complexity index is 1140. The minimum atomic E-state index is -4.46. The van der Waals surface area contributed by atoms with E-state index in [0.29, 0.717) is 0 Å². The lowest BCUT2D eigenvalue weighted by atomic mass is 10.2. The predicted octanol–water partition coefficient (Wildman–Crippen LogP) is 1.09. The highest BCUT2D eigenvalue weighted by atomic mass is 19.4. The molecule has 2 heterocycles. The third-order valence-corrected chi connectivity index (χ3v) is 4.03. The molecule has 0 fully saturated rings. The number of imidazole rings is 1. The summed E-state index contributed by atoms with van der Waals surface area (Å²) in [7, 11) is 2.76. The van der Waals surface area contributed by atoms with E-state index >= 15 is 0 Å². The molecule has 27 heavy (non-hydrogen) atoms. The van der Waals surface area contributed by atoms with Gasteiger partial charge in [0.1, 0.15) is 6.54 Å². The fourth-order valence-corrected chi connectivity index (χ4v) is 2.61. The number of alkyl halides is 3. The van der Waals surface area contributed by atoms with E-state index in [1.807, 2.05) is 0 Å². The second-order valence-corrected chi connectivity index (χ2v) is 5.87. The lowest BCUT2D eigenvalue weighted by Crippen LogP contribution is -2.37. The van der Waals surface area contributed by atoms with Crippen molar-refractivity contribution in [2.75, 3.05) is 5.32 Å². The van der Waals surface area contributed by atoms with Crippen molar-refractivity contribution in [3.05, 3.63) is 57.0 Å². The molecule has 3 rings (SSSR count). The molecule has 1 aromatic carbocycles. The quantitative estimate of drug-likeness (QED) is 0.735. The van der Waals surface area contributed by atoms with Crippen LogP contribution >= 0.6 is 0 Å². The molecule has 8 nitrogen and oxygen atoms in total. The average molecular weight is 381 g/mol. The molecule has 0 aliphatic heterocycles. The molecular weight excluding hydrogens is 367 g/mol. The van der Waals surface area contributed by atoms with Crippen molar-refractivity contribution in [2.45, 2.75) is 12.7 Å². The van der Waals surface area contributed by atoms with E-state index < -0.39 is 28.9 Å². The Morgan fingerprint density at radius 2 is 1.74 bits per heavy atom. The molecule has 0 atom stereocenters. The molecule has 142 valence electrons. The van der Waals surface area contributed by atoms with Crippen LogP contribution in [-0.4, -0.2) is 24.6 Å². The summed E-state index contributed by atoms with van der Waals surface area (Å²) in [5, 5.41) is 2.45. The first-order chi connectivity index (χ1) is 12.6. The number of carbonyl (C=O) groups excluding carboxylic acids is 1. The number of hydrogen-bond donors (Lipinski definition) is 1. The molecule has 0 radical (unpaired) electrons. The van der Waals surface area contributed by atoms with E-state index in [9.17, 15) is 27.6 Å². The SMILES string of the molecule is Cn1c(=O)c2c(ncn2CC(=O)Nc2ccc(C(F)(F)F)cc2)n(C)c1=O.